The van der Waals surface area contributed by atoms with E-state index in [-0.39, 0.29) is 10.9 Å². The Morgan fingerprint density at radius 3 is 2.73 bits per heavy atom. The normalized spacial score (nSPS) is 27.6. The van der Waals surface area contributed by atoms with Crippen molar-refractivity contribution in [1.82, 2.24) is 9.21 Å². The van der Waals surface area contributed by atoms with Crippen molar-refractivity contribution in [2.45, 2.75) is 50.1 Å². The van der Waals surface area contributed by atoms with Crippen LogP contribution in [0.4, 0.5) is 4.39 Å². The SMILES string of the molecule is Cc1cc(F)ccc1S(=O)(=O)N1C[C@@H]2CCCCN2C[C@H]1C. The van der Waals surface area contributed by atoms with Crippen LogP contribution in [-0.2, 0) is 10.0 Å². The molecule has 1 aromatic carbocycles. The van der Waals surface area contributed by atoms with E-state index < -0.39 is 15.8 Å². The van der Waals surface area contributed by atoms with Crippen LogP contribution in [0.5, 0.6) is 0 Å². The van der Waals surface area contributed by atoms with E-state index in [9.17, 15) is 12.8 Å². The van der Waals surface area contributed by atoms with Gasteiger partial charge in [0.05, 0.1) is 4.90 Å². The van der Waals surface area contributed by atoms with E-state index in [0.29, 0.717) is 18.2 Å². The molecule has 0 spiro atoms. The molecule has 0 aliphatic carbocycles. The molecule has 22 heavy (non-hydrogen) atoms. The minimum absolute atomic E-state index is 0.0520. The van der Waals surface area contributed by atoms with Gasteiger partial charge >= 0.3 is 0 Å². The molecule has 6 heteroatoms. The maximum atomic E-state index is 13.3. The summed E-state index contributed by atoms with van der Waals surface area (Å²) in [6.45, 7) is 6.00. The number of sulfonamides is 1. The average Bonchev–Trinajstić information content (AvgIpc) is 2.46. The lowest BCUT2D eigenvalue weighted by Gasteiger charge is -2.46. The Kier molecular flexibility index (Phi) is 4.27. The van der Waals surface area contributed by atoms with Crippen molar-refractivity contribution in [3.05, 3.63) is 29.6 Å². The number of piperazine rings is 1. The second-order valence-corrected chi connectivity index (χ2v) is 8.34. The highest BCUT2D eigenvalue weighted by Crippen LogP contribution is 2.29. The zero-order chi connectivity index (χ0) is 15.9. The first kappa shape index (κ1) is 15.9. The first-order valence-electron chi connectivity index (χ1n) is 7.91. The molecule has 2 fully saturated rings. The lowest BCUT2D eigenvalue weighted by molar-refractivity contribution is 0.0564. The molecule has 2 aliphatic rings. The van der Waals surface area contributed by atoms with Crippen molar-refractivity contribution in [2.24, 2.45) is 0 Å². The summed E-state index contributed by atoms with van der Waals surface area (Å²) in [5.41, 5.74) is 0.471. The summed E-state index contributed by atoms with van der Waals surface area (Å²) in [4.78, 5) is 2.64. The number of rotatable bonds is 2. The van der Waals surface area contributed by atoms with E-state index in [1.54, 1.807) is 11.2 Å². The van der Waals surface area contributed by atoms with E-state index in [2.05, 4.69) is 4.90 Å². The van der Waals surface area contributed by atoms with Crippen molar-refractivity contribution in [3.63, 3.8) is 0 Å². The second-order valence-electron chi connectivity index (χ2n) is 6.48. The number of benzene rings is 1. The summed E-state index contributed by atoms with van der Waals surface area (Å²) in [7, 11) is -3.57. The molecular weight excluding hydrogens is 303 g/mol. The van der Waals surface area contributed by atoms with Crippen LogP contribution in [0.3, 0.4) is 0 Å². The third kappa shape index (κ3) is 2.79. The summed E-state index contributed by atoms with van der Waals surface area (Å²) in [5.74, 6) is -0.401. The summed E-state index contributed by atoms with van der Waals surface area (Å²) < 4.78 is 40.9. The van der Waals surface area contributed by atoms with Crippen LogP contribution < -0.4 is 0 Å². The monoisotopic (exact) mass is 326 g/mol. The first-order chi connectivity index (χ1) is 10.4. The lowest BCUT2D eigenvalue weighted by Crippen LogP contribution is -2.59. The van der Waals surface area contributed by atoms with E-state index in [0.717, 1.165) is 19.5 Å². The van der Waals surface area contributed by atoms with Crippen LogP contribution in [0.15, 0.2) is 23.1 Å². The van der Waals surface area contributed by atoms with Gasteiger partial charge in [0, 0.05) is 25.2 Å². The van der Waals surface area contributed by atoms with Crippen LogP contribution in [0.2, 0.25) is 0 Å². The van der Waals surface area contributed by atoms with Gasteiger partial charge in [0.2, 0.25) is 10.0 Å². The number of halogens is 1. The highest BCUT2D eigenvalue weighted by molar-refractivity contribution is 7.89. The van der Waals surface area contributed by atoms with E-state index in [1.165, 1.54) is 31.0 Å². The van der Waals surface area contributed by atoms with Gasteiger partial charge in [0.15, 0.2) is 0 Å². The molecule has 2 heterocycles. The maximum Gasteiger partial charge on any atom is 0.243 e. The van der Waals surface area contributed by atoms with E-state index >= 15 is 0 Å². The third-order valence-corrected chi connectivity index (χ3v) is 6.99. The second kappa shape index (κ2) is 5.91. The molecule has 0 N–H and O–H groups in total. The molecule has 3 rings (SSSR count). The average molecular weight is 326 g/mol. The molecule has 0 saturated carbocycles. The van der Waals surface area contributed by atoms with Crippen LogP contribution in [-0.4, -0.2) is 49.3 Å². The largest absolute Gasteiger partial charge is 0.297 e. The van der Waals surface area contributed by atoms with E-state index in [4.69, 9.17) is 0 Å². The molecule has 0 radical (unpaired) electrons. The quantitative estimate of drug-likeness (QED) is 0.838. The van der Waals surface area contributed by atoms with Gasteiger partial charge in [-0.1, -0.05) is 6.42 Å². The molecule has 0 unspecified atom stereocenters. The minimum atomic E-state index is -3.57. The minimum Gasteiger partial charge on any atom is -0.297 e. The highest BCUT2D eigenvalue weighted by Gasteiger charge is 2.39. The molecule has 1 aromatic rings. The molecule has 0 bridgehead atoms. The van der Waals surface area contributed by atoms with Crippen molar-refractivity contribution >= 4 is 10.0 Å². The Balaban J connectivity index is 1.91. The van der Waals surface area contributed by atoms with Gasteiger partial charge < -0.3 is 0 Å². The fourth-order valence-corrected chi connectivity index (χ4v) is 5.56. The van der Waals surface area contributed by atoms with Crippen molar-refractivity contribution in [2.75, 3.05) is 19.6 Å². The molecule has 2 atom stereocenters. The zero-order valence-electron chi connectivity index (χ0n) is 13.1. The van der Waals surface area contributed by atoms with Gasteiger partial charge in [-0.3, -0.25) is 4.90 Å². The van der Waals surface area contributed by atoms with Crippen LogP contribution >= 0.6 is 0 Å². The number of hydrogen-bond donors (Lipinski definition) is 0. The van der Waals surface area contributed by atoms with Crippen LogP contribution in [0.1, 0.15) is 31.7 Å². The van der Waals surface area contributed by atoms with Gasteiger partial charge in [-0.2, -0.15) is 4.31 Å². The maximum absolute atomic E-state index is 13.3. The molecule has 2 aliphatic heterocycles. The van der Waals surface area contributed by atoms with Crippen LogP contribution in [0.25, 0.3) is 0 Å². The Morgan fingerprint density at radius 2 is 2.00 bits per heavy atom. The van der Waals surface area contributed by atoms with Crippen LogP contribution in [0, 0.1) is 12.7 Å². The topological polar surface area (TPSA) is 40.6 Å². The molecule has 2 saturated heterocycles. The number of aryl methyl sites for hydroxylation is 1. The first-order valence-corrected chi connectivity index (χ1v) is 9.35. The summed E-state index contributed by atoms with van der Waals surface area (Å²) in [6.07, 6.45) is 3.42. The number of piperidine rings is 1. The molecular formula is C16H23FN2O2S. The highest BCUT2D eigenvalue weighted by atomic mass is 32.2. The third-order valence-electron chi connectivity index (χ3n) is 4.85. The van der Waals surface area contributed by atoms with Gasteiger partial charge in [-0.15, -0.1) is 0 Å². The Bertz CT molecular complexity index is 662. The van der Waals surface area contributed by atoms with Gasteiger partial charge in [0.1, 0.15) is 5.82 Å². The number of fused-ring (bicyclic) bond motifs is 1. The summed E-state index contributed by atoms with van der Waals surface area (Å²) >= 11 is 0. The predicted octanol–water partition coefficient (Wildman–Crippen LogP) is 2.38. The lowest BCUT2D eigenvalue weighted by atomic mass is 9.99. The predicted molar refractivity (Wildman–Crippen MR) is 83.7 cm³/mol. The summed E-state index contributed by atoms with van der Waals surface area (Å²) in [6, 6.07) is 4.17. The Labute approximate surface area is 132 Å². The van der Waals surface area contributed by atoms with Gasteiger partial charge in [-0.25, -0.2) is 12.8 Å². The number of hydrogen-bond acceptors (Lipinski definition) is 3. The van der Waals surface area contributed by atoms with Crippen molar-refractivity contribution in [3.8, 4) is 0 Å². The molecule has 4 nitrogen and oxygen atoms in total. The Hall–Kier alpha value is -0.980. The number of nitrogens with zero attached hydrogens (tertiary/aromatic N) is 2. The smallest absolute Gasteiger partial charge is 0.243 e. The van der Waals surface area contributed by atoms with Gasteiger partial charge in [0.25, 0.3) is 0 Å². The van der Waals surface area contributed by atoms with Crippen molar-refractivity contribution < 1.29 is 12.8 Å². The van der Waals surface area contributed by atoms with Gasteiger partial charge in [-0.05, 0) is 57.0 Å². The van der Waals surface area contributed by atoms with E-state index in [1.807, 2.05) is 6.92 Å². The summed E-state index contributed by atoms with van der Waals surface area (Å²) in [5, 5.41) is 0. The molecule has 0 amide bonds. The fourth-order valence-electron chi connectivity index (χ4n) is 3.69. The standard InChI is InChI=1S/C16H23FN2O2S/c1-12-9-14(17)6-7-16(12)22(20,21)19-11-15-5-3-4-8-18(15)10-13(19)2/h6-7,9,13,15H,3-5,8,10-11H2,1-2H3/t13-,15+/m1/s1. The Morgan fingerprint density at radius 1 is 1.23 bits per heavy atom. The molecule has 0 aromatic heterocycles. The zero-order valence-corrected chi connectivity index (χ0v) is 13.9. The fraction of sp³-hybridized carbons (Fsp3) is 0.625. The molecule has 122 valence electrons. The van der Waals surface area contributed by atoms with Crippen molar-refractivity contribution in [1.29, 1.82) is 0 Å².